The van der Waals surface area contributed by atoms with Gasteiger partial charge in [0.15, 0.2) is 0 Å². The summed E-state index contributed by atoms with van der Waals surface area (Å²) in [6, 6.07) is 6.80. The number of aromatic nitrogens is 3. The fourth-order valence-corrected chi connectivity index (χ4v) is 2.42. The highest BCUT2D eigenvalue weighted by Gasteiger charge is 2.28. The number of hydrogen-bond acceptors (Lipinski definition) is 5. The monoisotopic (exact) mass is 249 g/mol. The van der Waals surface area contributed by atoms with Gasteiger partial charge in [-0.15, -0.1) is 0 Å². The number of pyridine rings is 3. The SMILES string of the molecule is O=C1c2nc(O)ccc2-c2nccc3ccnc1c23. The van der Waals surface area contributed by atoms with E-state index in [0.717, 1.165) is 10.8 Å². The van der Waals surface area contributed by atoms with Gasteiger partial charge in [-0.3, -0.25) is 14.8 Å². The Labute approximate surface area is 107 Å². The molecule has 1 aliphatic carbocycles. The number of carbonyl (C=O) groups excluding carboxylic acids is 1. The zero-order valence-electron chi connectivity index (χ0n) is 9.66. The summed E-state index contributed by atoms with van der Waals surface area (Å²) in [5.41, 5.74) is 1.86. The summed E-state index contributed by atoms with van der Waals surface area (Å²) in [4.78, 5) is 24.8. The third kappa shape index (κ3) is 1.24. The van der Waals surface area contributed by atoms with Crippen LogP contribution in [0.1, 0.15) is 16.2 Å². The van der Waals surface area contributed by atoms with Crippen molar-refractivity contribution in [2.45, 2.75) is 0 Å². The van der Waals surface area contributed by atoms with Gasteiger partial charge >= 0.3 is 0 Å². The van der Waals surface area contributed by atoms with Crippen LogP contribution in [0.15, 0.2) is 36.7 Å². The molecule has 3 aromatic rings. The van der Waals surface area contributed by atoms with E-state index in [1.807, 2.05) is 12.1 Å². The highest BCUT2D eigenvalue weighted by Crippen LogP contribution is 2.36. The van der Waals surface area contributed by atoms with Crippen LogP contribution in [0.5, 0.6) is 5.88 Å². The Kier molecular flexibility index (Phi) is 1.79. The van der Waals surface area contributed by atoms with Crippen LogP contribution in [-0.2, 0) is 0 Å². The molecule has 0 aliphatic heterocycles. The number of hydrogen-bond donors (Lipinski definition) is 1. The molecule has 19 heavy (non-hydrogen) atoms. The van der Waals surface area contributed by atoms with Crippen molar-refractivity contribution >= 4 is 16.6 Å². The number of ketones is 1. The molecule has 90 valence electrons. The summed E-state index contributed by atoms with van der Waals surface area (Å²) >= 11 is 0. The Balaban J connectivity index is 2.24. The predicted octanol–water partition coefficient (Wildman–Crippen LogP) is 1.94. The Morgan fingerprint density at radius 1 is 0.895 bits per heavy atom. The maximum atomic E-state index is 12.4. The van der Waals surface area contributed by atoms with Crippen LogP contribution in [0.3, 0.4) is 0 Å². The molecule has 3 heterocycles. The second kappa shape index (κ2) is 3.35. The molecule has 0 atom stereocenters. The second-order valence-corrected chi connectivity index (χ2v) is 4.31. The maximum absolute atomic E-state index is 12.4. The standard InChI is InChI=1S/C14H7N3O2/c18-9-2-1-8-11-10-7(3-5-15-11)4-6-16-13(10)14(19)12(8)17-9/h1-6H,(H,17,18). The molecule has 0 fully saturated rings. The van der Waals surface area contributed by atoms with Crippen molar-refractivity contribution in [3.05, 3.63) is 48.0 Å². The zero-order valence-corrected chi connectivity index (χ0v) is 9.66. The molecule has 0 spiro atoms. The van der Waals surface area contributed by atoms with Gasteiger partial charge in [0.1, 0.15) is 11.4 Å². The molecule has 0 unspecified atom stereocenters. The average Bonchev–Trinajstić information content (AvgIpc) is 2.44. The Bertz CT molecular complexity index is 853. The third-order valence-corrected chi connectivity index (χ3v) is 3.24. The first-order chi connectivity index (χ1) is 9.25. The Hall–Kier alpha value is -2.82. The second-order valence-electron chi connectivity index (χ2n) is 4.31. The lowest BCUT2D eigenvalue weighted by Gasteiger charge is -2.16. The molecule has 0 radical (unpaired) electrons. The van der Waals surface area contributed by atoms with Crippen LogP contribution in [0.4, 0.5) is 0 Å². The molecule has 0 saturated carbocycles. The minimum absolute atomic E-state index is 0.182. The number of carbonyl (C=O) groups is 1. The number of fused-ring (bicyclic) bond motifs is 2. The molecule has 5 nitrogen and oxygen atoms in total. The number of rotatable bonds is 0. The normalized spacial score (nSPS) is 12.5. The van der Waals surface area contributed by atoms with Gasteiger partial charge in [-0.05, 0) is 23.6 Å². The van der Waals surface area contributed by atoms with Gasteiger partial charge in [0.25, 0.3) is 0 Å². The van der Waals surface area contributed by atoms with Crippen molar-refractivity contribution in [2.75, 3.05) is 0 Å². The first kappa shape index (κ1) is 10.1. The van der Waals surface area contributed by atoms with Crippen LogP contribution in [0.25, 0.3) is 22.0 Å². The molecule has 0 amide bonds. The van der Waals surface area contributed by atoms with Gasteiger partial charge < -0.3 is 5.11 Å². The van der Waals surface area contributed by atoms with Crippen LogP contribution >= 0.6 is 0 Å². The largest absolute Gasteiger partial charge is 0.493 e. The van der Waals surface area contributed by atoms with Gasteiger partial charge in [0, 0.05) is 29.4 Å². The van der Waals surface area contributed by atoms with Crippen LogP contribution in [0.2, 0.25) is 0 Å². The lowest BCUT2D eigenvalue weighted by atomic mass is 9.92. The first-order valence-corrected chi connectivity index (χ1v) is 5.74. The molecule has 4 rings (SSSR count). The molecular formula is C14H7N3O2. The van der Waals surface area contributed by atoms with E-state index in [9.17, 15) is 9.90 Å². The van der Waals surface area contributed by atoms with E-state index in [2.05, 4.69) is 15.0 Å². The molecule has 5 heteroatoms. The number of aromatic hydroxyl groups is 1. The summed E-state index contributed by atoms with van der Waals surface area (Å²) in [5.74, 6) is -0.462. The fraction of sp³-hybridized carbons (Fsp3) is 0. The molecular weight excluding hydrogens is 242 g/mol. The van der Waals surface area contributed by atoms with Crippen molar-refractivity contribution in [3.63, 3.8) is 0 Å². The minimum atomic E-state index is -0.281. The molecule has 0 bridgehead atoms. The summed E-state index contributed by atoms with van der Waals surface area (Å²) in [6.45, 7) is 0. The quantitative estimate of drug-likeness (QED) is 0.515. The van der Waals surface area contributed by atoms with Gasteiger partial charge in [0.2, 0.25) is 11.7 Å². The zero-order chi connectivity index (χ0) is 13.0. The fourth-order valence-electron chi connectivity index (χ4n) is 2.42. The van der Waals surface area contributed by atoms with Crippen molar-refractivity contribution in [1.82, 2.24) is 15.0 Å². The van der Waals surface area contributed by atoms with Gasteiger partial charge in [0.05, 0.1) is 5.69 Å². The molecule has 3 aromatic heterocycles. The van der Waals surface area contributed by atoms with Crippen molar-refractivity contribution < 1.29 is 9.90 Å². The third-order valence-electron chi connectivity index (χ3n) is 3.24. The molecule has 0 aromatic carbocycles. The molecule has 1 N–H and O–H groups in total. The van der Waals surface area contributed by atoms with E-state index < -0.39 is 0 Å². The first-order valence-electron chi connectivity index (χ1n) is 5.74. The summed E-state index contributed by atoms with van der Waals surface area (Å²) in [7, 11) is 0. The summed E-state index contributed by atoms with van der Waals surface area (Å²) < 4.78 is 0. The van der Waals surface area contributed by atoms with Crippen molar-refractivity contribution in [1.29, 1.82) is 0 Å². The van der Waals surface area contributed by atoms with Gasteiger partial charge in [-0.1, -0.05) is 0 Å². The lowest BCUT2D eigenvalue weighted by Crippen LogP contribution is -2.14. The topological polar surface area (TPSA) is 76.0 Å². The van der Waals surface area contributed by atoms with E-state index in [4.69, 9.17) is 0 Å². The van der Waals surface area contributed by atoms with Crippen LogP contribution in [0, 0.1) is 0 Å². The Morgan fingerprint density at radius 3 is 2.42 bits per heavy atom. The average molecular weight is 249 g/mol. The minimum Gasteiger partial charge on any atom is -0.493 e. The van der Waals surface area contributed by atoms with Gasteiger partial charge in [-0.2, -0.15) is 0 Å². The lowest BCUT2D eigenvalue weighted by molar-refractivity contribution is 0.103. The Morgan fingerprint density at radius 2 is 1.63 bits per heavy atom. The number of nitrogens with zero attached hydrogens (tertiary/aromatic N) is 3. The van der Waals surface area contributed by atoms with Crippen molar-refractivity contribution in [2.24, 2.45) is 0 Å². The van der Waals surface area contributed by atoms with Gasteiger partial charge in [-0.25, -0.2) is 4.98 Å². The summed E-state index contributed by atoms with van der Waals surface area (Å²) in [6.07, 6.45) is 3.28. The van der Waals surface area contributed by atoms with Crippen LogP contribution in [-0.4, -0.2) is 25.8 Å². The smallest absolute Gasteiger partial charge is 0.231 e. The van der Waals surface area contributed by atoms with E-state index in [-0.39, 0.29) is 17.4 Å². The predicted molar refractivity (Wildman–Crippen MR) is 67.9 cm³/mol. The van der Waals surface area contributed by atoms with Crippen molar-refractivity contribution in [3.8, 4) is 17.1 Å². The van der Waals surface area contributed by atoms with E-state index in [1.165, 1.54) is 6.07 Å². The highest BCUT2D eigenvalue weighted by atomic mass is 16.3. The molecule has 0 saturated heterocycles. The van der Waals surface area contributed by atoms with Crippen LogP contribution < -0.4 is 0 Å². The van der Waals surface area contributed by atoms with E-state index >= 15 is 0 Å². The maximum Gasteiger partial charge on any atom is 0.231 e. The highest BCUT2D eigenvalue weighted by molar-refractivity contribution is 6.23. The van der Waals surface area contributed by atoms with E-state index in [0.29, 0.717) is 17.0 Å². The molecule has 1 aliphatic rings. The van der Waals surface area contributed by atoms with E-state index in [1.54, 1.807) is 18.5 Å². The summed E-state index contributed by atoms with van der Waals surface area (Å²) in [5, 5.41) is 11.1.